The fourth-order valence-electron chi connectivity index (χ4n) is 2.42. The van der Waals surface area contributed by atoms with E-state index in [0.717, 1.165) is 25.3 Å². The first-order valence-electron chi connectivity index (χ1n) is 6.15. The molecular formula is C13H15BrF3NO. The van der Waals surface area contributed by atoms with E-state index < -0.39 is 11.7 Å². The quantitative estimate of drug-likeness (QED) is 0.905. The number of halogens is 4. The highest BCUT2D eigenvalue weighted by Crippen LogP contribution is 2.40. The maximum absolute atomic E-state index is 13.0. The van der Waals surface area contributed by atoms with Gasteiger partial charge in [0.2, 0.25) is 0 Å². The molecule has 0 spiro atoms. The van der Waals surface area contributed by atoms with Crippen molar-refractivity contribution in [2.24, 2.45) is 11.7 Å². The highest BCUT2D eigenvalue weighted by molar-refractivity contribution is 9.10. The van der Waals surface area contributed by atoms with Crippen molar-refractivity contribution in [3.05, 3.63) is 28.2 Å². The largest absolute Gasteiger partial charge is 0.489 e. The van der Waals surface area contributed by atoms with E-state index in [1.54, 1.807) is 6.07 Å². The van der Waals surface area contributed by atoms with Gasteiger partial charge < -0.3 is 10.5 Å². The minimum absolute atomic E-state index is 0.110. The summed E-state index contributed by atoms with van der Waals surface area (Å²) in [4.78, 5) is 0. The molecule has 2 unspecified atom stereocenters. The van der Waals surface area contributed by atoms with Crippen molar-refractivity contribution < 1.29 is 17.9 Å². The number of rotatable bonds is 3. The van der Waals surface area contributed by atoms with Gasteiger partial charge >= 0.3 is 6.18 Å². The van der Waals surface area contributed by atoms with E-state index in [0.29, 0.717) is 11.0 Å². The molecule has 2 nitrogen and oxygen atoms in total. The summed E-state index contributed by atoms with van der Waals surface area (Å²) in [5.41, 5.74) is 4.87. The lowest BCUT2D eigenvalue weighted by atomic mass is 10.1. The molecule has 1 fully saturated rings. The Labute approximate surface area is 118 Å². The zero-order valence-corrected chi connectivity index (χ0v) is 11.8. The number of hydrogen-bond donors (Lipinski definition) is 1. The molecular weight excluding hydrogens is 323 g/mol. The zero-order valence-electron chi connectivity index (χ0n) is 10.2. The van der Waals surface area contributed by atoms with Crippen LogP contribution in [0.3, 0.4) is 0 Å². The molecule has 106 valence electrons. The van der Waals surface area contributed by atoms with Crippen molar-refractivity contribution in [3.8, 4) is 5.75 Å². The molecule has 0 radical (unpaired) electrons. The van der Waals surface area contributed by atoms with E-state index >= 15 is 0 Å². The van der Waals surface area contributed by atoms with Crippen molar-refractivity contribution in [2.75, 3.05) is 6.54 Å². The summed E-state index contributed by atoms with van der Waals surface area (Å²) >= 11 is 3.05. The zero-order chi connectivity index (χ0) is 14.0. The SMILES string of the molecule is NCC1CCCC1Oc1ccc(Br)cc1C(F)(F)F. The molecule has 0 saturated heterocycles. The van der Waals surface area contributed by atoms with Crippen molar-refractivity contribution in [1.82, 2.24) is 0 Å². The van der Waals surface area contributed by atoms with Crippen LogP contribution in [0, 0.1) is 5.92 Å². The summed E-state index contributed by atoms with van der Waals surface area (Å²) in [7, 11) is 0. The van der Waals surface area contributed by atoms with Crippen LogP contribution in [0.4, 0.5) is 13.2 Å². The van der Waals surface area contributed by atoms with Gasteiger partial charge in [-0.25, -0.2) is 0 Å². The van der Waals surface area contributed by atoms with Crippen LogP contribution in [-0.4, -0.2) is 12.6 Å². The Morgan fingerprint density at radius 3 is 2.68 bits per heavy atom. The Balaban J connectivity index is 2.25. The van der Waals surface area contributed by atoms with Gasteiger partial charge in [0, 0.05) is 10.4 Å². The summed E-state index contributed by atoms with van der Waals surface area (Å²) in [6, 6.07) is 3.96. The first-order valence-corrected chi connectivity index (χ1v) is 6.94. The number of nitrogens with two attached hydrogens (primary N) is 1. The molecule has 19 heavy (non-hydrogen) atoms. The van der Waals surface area contributed by atoms with Gasteiger partial charge in [-0.05, 0) is 44.0 Å². The van der Waals surface area contributed by atoms with E-state index in [1.807, 2.05) is 0 Å². The van der Waals surface area contributed by atoms with Crippen LogP contribution < -0.4 is 10.5 Å². The normalized spacial score (nSPS) is 23.6. The topological polar surface area (TPSA) is 35.2 Å². The Morgan fingerprint density at radius 2 is 2.05 bits per heavy atom. The van der Waals surface area contributed by atoms with Gasteiger partial charge in [-0.3, -0.25) is 0 Å². The summed E-state index contributed by atoms with van der Waals surface area (Å²) in [6.07, 6.45) is -2.01. The maximum atomic E-state index is 13.0. The monoisotopic (exact) mass is 337 g/mol. The molecule has 2 rings (SSSR count). The second kappa shape index (κ2) is 5.71. The van der Waals surface area contributed by atoms with Gasteiger partial charge in [0.25, 0.3) is 0 Å². The fourth-order valence-corrected chi connectivity index (χ4v) is 2.78. The van der Waals surface area contributed by atoms with Gasteiger partial charge in [0.15, 0.2) is 0 Å². The van der Waals surface area contributed by atoms with E-state index in [2.05, 4.69) is 15.9 Å². The Hall–Kier alpha value is -0.750. The minimum atomic E-state index is -4.42. The van der Waals surface area contributed by atoms with E-state index in [-0.39, 0.29) is 17.8 Å². The molecule has 2 atom stereocenters. The lowest BCUT2D eigenvalue weighted by molar-refractivity contribution is -0.139. The average molecular weight is 338 g/mol. The highest BCUT2D eigenvalue weighted by Gasteiger charge is 2.36. The second-order valence-corrected chi connectivity index (χ2v) is 5.64. The molecule has 1 aromatic carbocycles. The molecule has 2 N–H and O–H groups in total. The van der Waals surface area contributed by atoms with Crippen LogP contribution in [0.15, 0.2) is 22.7 Å². The third-order valence-corrected chi connectivity index (χ3v) is 3.91. The predicted octanol–water partition coefficient (Wildman–Crippen LogP) is 3.97. The lowest BCUT2D eigenvalue weighted by Gasteiger charge is -2.22. The second-order valence-electron chi connectivity index (χ2n) is 4.72. The first-order chi connectivity index (χ1) is 8.91. The van der Waals surface area contributed by atoms with Crippen molar-refractivity contribution in [1.29, 1.82) is 0 Å². The summed E-state index contributed by atoms with van der Waals surface area (Å²) < 4.78 is 44.8. The van der Waals surface area contributed by atoms with Gasteiger partial charge in [0.1, 0.15) is 11.9 Å². The lowest BCUT2D eigenvalue weighted by Crippen LogP contribution is -2.28. The van der Waals surface area contributed by atoms with Crippen LogP contribution in [-0.2, 0) is 6.18 Å². The summed E-state index contributed by atoms with van der Waals surface area (Å²) in [5, 5.41) is 0. The van der Waals surface area contributed by atoms with Gasteiger partial charge in [0.05, 0.1) is 5.56 Å². The van der Waals surface area contributed by atoms with E-state index in [9.17, 15) is 13.2 Å². The number of benzene rings is 1. The first kappa shape index (κ1) is 14.7. The highest BCUT2D eigenvalue weighted by atomic mass is 79.9. The molecule has 0 aromatic heterocycles. The van der Waals surface area contributed by atoms with E-state index in [1.165, 1.54) is 6.07 Å². The minimum Gasteiger partial charge on any atom is -0.489 e. The van der Waals surface area contributed by atoms with Crippen LogP contribution in [0.25, 0.3) is 0 Å². The van der Waals surface area contributed by atoms with Crippen LogP contribution in [0.5, 0.6) is 5.75 Å². The third kappa shape index (κ3) is 3.42. The Bertz CT molecular complexity index is 450. The van der Waals surface area contributed by atoms with Crippen molar-refractivity contribution >= 4 is 15.9 Å². The number of hydrogen-bond acceptors (Lipinski definition) is 2. The fraction of sp³-hybridized carbons (Fsp3) is 0.538. The molecule has 1 aliphatic rings. The maximum Gasteiger partial charge on any atom is 0.420 e. The standard InChI is InChI=1S/C13H15BrF3NO/c14-9-4-5-12(10(6-9)13(15,16)17)19-11-3-1-2-8(11)7-18/h4-6,8,11H,1-3,7,18H2. The smallest absolute Gasteiger partial charge is 0.420 e. The Kier molecular flexibility index (Phi) is 4.40. The number of ether oxygens (including phenoxy) is 1. The Morgan fingerprint density at radius 1 is 1.32 bits per heavy atom. The molecule has 0 bridgehead atoms. The third-order valence-electron chi connectivity index (χ3n) is 3.42. The molecule has 1 aliphatic carbocycles. The van der Waals surface area contributed by atoms with Crippen LogP contribution >= 0.6 is 15.9 Å². The molecule has 6 heteroatoms. The van der Waals surface area contributed by atoms with Gasteiger partial charge in [-0.1, -0.05) is 15.9 Å². The van der Waals surface area contributed by atoms with Gasteiger partial charge in [-0.2, -0.15) is 13.2 Å². The van der Waals surface area contributed by atoms with Gasteiger partial charge in [-0.15, -0.1) is 0 Å². The predicted molar refractivity (Wildman–Crippen MR) is 70.0 cm³/mol. The van der Waals surface area contributed by atoms with E-state index in [4.69, 9.17) is 10.5 Å². The molecule has 1 saturated carbocycles. The summed E-state index contributed by atoms with van der Waals surface area (Å²) in [5.74, 6) is 0.0331. The molecule has 0 heterocycles. The molecule has 0 amide bonds. The number of alkyl halides is 3. The van der Waals surface area contributed by atoms with Crippen LogP contribution in [0.2, 0.25) is 0 Å². The summed E-state index contributed by atoms with van der Waals surface area (Å²) in [6.45, 7) is 0.447. The van der Waals surface area contributed by atoms with Crippen molar-refractivity contribution in [2.45, 2.75) is 31.5 Å². The molecule has 0 aliphatic heterocycles. The average Bonchev–Trinajstić information content (AvgIpc) is 2.77. The van der Waals surface area contributed by atoms with Crippen molar-refractivity contribution in [3.63, 3.8) is 0 Å². The molecule has 1 aromatic rings. The van der Waals surface area contributed by atoms with Crippen LogP contribution in [0.1, 0.15) is 24.8 Å².